The first kappa shape index (κ1) is 11.7. The predicted molar refractivity (Wildman–Crippen MR) is 61.7 cm³/mol. The van der Waals surface area contributed by atoms with Crippen LogP contribution < -0.4 is 0 Å². The summed E-state index contributed by atoms with van der Waals surface area (Å²) in [6, 6.07) is 0. The van der Waals surface area contributed by atoms with E-state index in [-0.39, 0.29) is 11.8 Å². The number of carbonyl (C=O) groups is 1. The molecular formula is C10H11ClN2O2S. The smallest absolute Gasteiger partial charge is 0.303 e. The number of halogens is 1. The summed E-state index contributed by atoms with van der Waals surface area (Å²) >= 11 is 7.43. The molecular weight excluding hydrogens is 248 g/mol. The van der Waals surface area contributed by atoms with E-state index in [1.54, 1.807) is 6.20 Å². The van der Waals surface area contributed by atoms with E-state index in [1.807, 2.05) is 0 Å². The summed E-state index contributed by atoms with van der Waals surface area (Å²) in [5.41, 5.74) is -0.0369. The number of thioether (sulfide) groups is 1. The van der Waals surface area contributed by atoms with E-state index in [0.717, 1.165) is 23.6 Å². The number of carboxylic acids is 1. The van der Waals surface area contributed by atoms with E-state index in [0.29, 0.717) is 5.02 Å². The second-order valence-corrected chi connectivity index (χ2v) is 5.41. The van der Waals surface area contributed by atoms with Gasteiger partial charge in [0, 0.05) is 5.75 Å². The fraction of sp³-hybridized carbons (Fsp3) is 0.500. The summed E-state index contributed by atoms with van der Waals surface area (Å²) < 4.78 is 0. The summed E-state index contributed by atoms with van der Waals surface area (Å²) in [6.07, 6.45) is 5.20. The van der Waals surface area contributed by atoms with Gasteiger partial charge in [0.2, 0.25) is 0 Å². The molecule has 0 spiro atoms. The van der Waals surface area contributed by atoms with Gasteiger partial charge >= 0.3 is 5.97 Å². The van der Waals surface area contributed by atoms with Gasteiger partial charge in [-0.15, -0.1) is 11.8 Å². The normalized spacial score (nSPS) is 17.1. The van der Waals surface area contributed by atoms with Gasteiger partial charge in [-0.3, -0.25) is 4.79 Å². The van der Waals surface area contributed by atoms with Crippen molar-refractivity contribution in [1.82, 2.24) is 9.97 Å². The van der Waals surface area contributed by atoms with Crippen molar-refractivity contribution in [2.45, 2.75) is 24.3 Å². The molecule has 0 aliphatic heterocycles. The lowest BCUT2D eigenvalue weighted by Crippen LogP contribution is -2.11. The quantitative estimate of drug-likeness (QED) is 0.649. The first-order valence-corrected chi connectivity index (χ1v) is 6.28. The van der Waals surface area contributed by atoms with Gasteiger partial charge in [-0.25, -0.2) is 9.97 Å². The second kappa shape index (κ2) is 4.59. The van der Waals surface area contributed by atoms with Crippen molar-refractivity contribution < 1.29 is 9.90 Å². The molecule has 0 amide bonds. The maximum Gasteiger partial charge on any atom is 0.303 e. The molecule has 1 aromatic rings. The lowest BCUT2D eigenvalue weighted by molar-refractivity contribution is -0.138. The van der Waals surface area contributed by atoms with Crippen LogP contribution >= 0.6 is 23.4 Å². The number of hydrogen-bond acceptors (Lipinski definition) is 4. The topological polar surface area (TPSA) is 63.1 Å². The highest BCUT2D eigenvalue weighted by Crippen LogP contribution is 2.52. The third-order valence-corrected chi connectivity index (χ3v) is 4.38. The van der Waals surface area contributed by atoms with Gasteiger partial charge in [0.05, 0.1) is 17.6 Å². The third-order valence-electron chi connectivity index (χ3n) is 2.63. The van der Waals surface area contributed by atoms with Crippen LogP contribution in [0.5, 0.6) is 0 Å². The Labute approximate surface area is 102 Å². The van der Waals surface area contributed by atoms with E-state index < -0.39 is 5.97 Å². The second-order valence-electron chi connectivity index (χ2n) is 4.04. The van der Waals surface area contributed by atoms with Crippen LogP contribution in [0.4, 0.5) is 0 Å². The number of carboxylic acid groups (broad SMARTS) is 1. The van der Waals surface area contributed by atoms with Crippen LogP contribution in [-0.4, -0.2) is 26.8 Å². The van der Waals surface area contributed by atoms with E-state index in [2.05, 4.69) is 9.97 Å². The van der Waals surface area contributed by atoms with Crippen molar-refractivity contribution in [3.63, 3.8) is 0 Å². The Morgan fingerprint density at radius 3 is 2.94 bits per heavy atom. The maximum absolute atomic E-state index is 10.7. The molecule has 0 radical (unpaired) electrons. The Morgan fingerprint density at radius 2 is 2.38 bits per heavy atom. The molecule has 0 atom stereocenters. The molecule has 6 heteroatoms. The zero-order valence-corrected chi connectivity index (χ0v) is 10.1. The van der Waals surface area contributed by atoms with Gasteiger partial charge < -0.3 is 5.11 Å². The molecule has 1 saturated carbocycles. The number of rotatable bonds is 5. The van der Waals surface area contributed by atoms with Crippen LogP contribution in [-0.2, 0) is 4.79 Å². The average Bonchev–Trinajstić information content (AvgIpc) is 2.96. The minimum absolute atomic E-state index is 0.0369. The van der Waals surface area contributed by atoms with E-state index in [9.17, 15) is 4.79 Å². The summed E-state index contributed by atoms with van der Waals surface area (Å²) in [4.78, 5) is 18.5. The Morgan fingerprint density at radius 1 is 1.62 bits per heavy atom. The van der Waals surface area contributed by atoms with Crippen molar-refractivity contribution in [2.75, 3.05) is 5.75 Å². The molecule has 0 aromatic carbocycles. The SMILES string of the molecule is O=C(O)CC1(CSc2ncncc2Cl)CC1. The zero-order valence-electron chi connectivity index (χ0n) is 8.52. The molecule has 1 fully saturated rings. The molecule has 86 valence electrons. The average molecular weight is 259 g/mol. The molecule has 0 saturated heterocycles. The molecule has 1 aromatic heterocycles. The van der Waals surface area contributed by atoms with Gasteiger partial charge in [0.15, 0.2) is 0 Å². The monoisotopic (exact) mass is 258 g/mol. The Hall–Kier alpha value is -0.810. The minimum Gasteiger partial charge on any atom is -0.481 e. The van der Waals surface area contributed by atoms with Gasteiger partial charge in [-0.2, -0.15) is 0 Å². The molecule has 16 heavy (non-hydrogen) atoms. The highest BCUT2D eigenvalue weighted by Gasteiger charge is 2.44. The van der Waals surface area contributed by atoms with E-state index in [1.165, 1.54) is 18.1 Å². The van der Waals surface area contributed by atoms with E-state index >= 15 is 0 Å². The van der Waals surface area contributed by atoms with Crippen molar-refractivity contribution in [1.29, 1.82) is 0 Å². The highest BCUT2D eigenvalue weighted by atomic mass is 35.5. The van der Waals surface area contributed by atoms with Crippen LogP contribution in [0.3, 0.4) is 0 Å². The van der Waals surface area contributed by atoms with Crippen LogP contribution in [0.1, 0.15) is 19.3 Å². The number of aromatic nitrogens is 2. The first-order valence-electron chi connectivity index (χ1n) is 4.91. The molecule has 1 N–H and O–H groups in total. The lowest BCUT2D eigenvalue weighted by atomic mass is 10.1. The van der Waals surface area contributed by atoms with E-state index in [4.69, 9.17) is 16.7 Å². The lowest BCUT2D eigenvalue weighted by Gasteiger charge is -2.11. The largest absolute Gasteiger partial charge is 0.481 e. The van der Waals surface area contributed by atoms with Crippen LogP contribution in [0.2, 0.25) is 5.02 Å². The Kier molecular flexibility index (Phi) is 3.35. The zero-order chi connectivity index (χ0) is 11.6. The molecule has 2 rings (SSSR count). The van der Waals surface area contributed by atoms with Gasteiger partial charge in [0.25, 0.3) is 0 Å². The molecule has 0 bridgehead atoms. The Bertz CT molecular complexity index is 410. The molecule has 0 unspecified atom stereocenters. The fourth-order valence-electron chi connectivity index (χ4n) is 1.50. The van der Waals surface area contributed by atoms with Gasteiger partial charge in [-0.1, -0.05) is 11.6 Å². The van der Waals surface area contributed by atoms with Crippen molar-refractivity contribution in [3.05, 3.63) is 17.5 Å². The van der Waals surface area contributed by atoms with Crippen molar-refractivity contribution >= 4 is 29.3 Å². The number of nitrogens with zero attached hydrogens (tertiary/aromatic N) is 2. The Balaban J connectivity index is 1.93. The number of hydrogen-bond donors (Lipinski definition) is 1. The van der Waals surface area contributed by atoms with Gasteiger partial charge in [-0.05, 0) is 18.3 Å². The van der Waals surface area contributed by atoms with Crippen LogP contribution in [0.25, 0.3) is 0 Å². The predicted octanol–water partition coefficient (Wildman–Crippen LogP) is 2.48. The van der Waals surface area contributed by atoms with Gasteiger partial charge in [0.1, 0.15) is 11.4 Å². The van der Waals surface area contributed by atoms with Crippen LogP contribution in [0, 0.1) is 5.41 Å². The summed E-state index contributed by atoms with van der Waals surface area (Å²) in [5.74, 6) is 0.0302. The first-order chi connectivity index (χ1) is 7.61. The number of aliphatic carboxylic acids is 1. The summed E-state index contributed by atoms with van der Waals surface area (Å²) in [6.45, 7) is 0. The van der Waals surface area contributed by atoms with Crippen LogP contribution in [0.15, 0.2) is 17.6 Å². The van der Waals surface area contributed by atoms with Crippen molar-refractivity contribution in [3.8, 4) is 0 Å². The molecule has 4 nitrogen and oxygen atoms in total. The highest BCUT2D eigenvalue weighted by molar-refractivity contribution is 7.99. The maximum atomic E-state index is 10.7. The molecule has 1 aliphatic carbocycles. The molecule has 1 heterocycles. The summed E-state index contributed by atoms with van der Waals surface area (Å²) in [7, 11) is 0. The molecule has 1 aliphatic rings. The fourth-order valence-corrected chi connectivity index (χ4v) is 2.91. The minimum atomic E-state index is -0.730. The third kappa shape index (κ3) is 2.86. The summed E-state index contributed by atoms with van der Waals surface area (Å²) in [5, 5.41) is 10.0. The standard InChI is InChI=1S/C10H11ClN2O2S/c11-7-4-12-6-13-9(7)16-5-10(1-2-10)3-8(14)15/h4,6H,1-3,5H2,(H,14,15). The van der Waals surface area contributed by atoms with Crippen molar-refractivity contribution in [2.24, 2.45) is 5.41 Å².